The Morgan fingerprint density at radius 2 is 2.44 bits per heavy atom. The number of ether oxygens (including phenoxy) is 1. The van der Waals surface area contributed by atoms with Crippen LogP contribution in [0.2, 0.25) is 0 Å². The van der Waals surface area contributed by atoms with E-state index in [0.29, 0.717) is 5.69 Å². The highest BCUT2D eigenvalue weighted by atomic mass is 16.6. The van der Waals surface area contributed by atoms with Gasteiger partial charge in [0.1, 0.15) is 18.5 Å². The first-order valence-electron chi connectivity index (χ1n) is 4.35. The number of carbonyl (C=O) groups is 1. The summed E-state index contributed by atoms with van der Waals surface area (Å²) in [6, 6.07) is 1.46. The average Bonchev–Trinajstić information content (AvgIpc) is 2.24. The molecule has 86 valence electrons. The van der Waals surface area contributed by atoms with Crippen LogP contribution in [0.4, 0.5) is 16.2 Å². The maximum Gasteiger partial charge on any atom is 0.404 e. The first-order valence-corrected chi connectivity index (χ1v) is 4.35. The Morgan fingerprint density at radius 1 is 1.69 bits per heavy atom. The third-order valence-electron chi connectivity index (χ3n) is 1.66. The van der Waals surface area contributed by atoms with E-state index in [1.807, 2.05) is 0 Å². The zero-order valence-corrected chi connectivity index (χ0v) is 8.25. The molecule has 1 aromatic heterocycles. The van der Waals surface area contributed by atoms with E-state index >= 15 is 0 Å². The lowest BCUT2D eigenvalue weighted by Crippen LogP contribution is -2.18. The molecule has 0 saturated carbocycles. The van der Waals surface area contributed by atoms with Gasteiger partial charge in [0.2, 0.25) is 0 Å². The first kappa shape index (κ1) is 11.7. The predicted molar refractivity (Wildman–Crippen MR) is 54.9 cm³/mol. The first-order chi connectivity index (χ1) is 7.61. The summed E-state index contributed by atoms with van der Waals surface area (Å²) in [5, 5.41) is 13.3. The Bertz CT molecular complexity index is 395. The van der Waals surface area contributed by atoms with Gasteiger partial charge in [-0.25, -0.2) is 4.79 Å². The number of amides is 1. The molecule has 0 atom stereocenters. The van der Waals surface area contributed by atoms with Crippen LogP contribution in [0.15, 0.2) is 18.5 Å². The Labute approximate surface area is 90.6 Å². The van der Waals surface area contributed by atoms with Crippen molar-refractivity contribution in [2.45, 2.75) is 0 Å². The van der Waals surface area contributed by atoms with Crippen molar-refractivity contribution in [2.75, 3.05) is 18.5 Å². The zero-order valence-electron chi connectivity index (χ0n) is 8.25. The number of anilines is 1. The number of nitro groups is 1. The van der Waals surface area contributed by atoms with Crippen LogP contribution in [-0.2, 0) is 4.74 Å². The summed E-state index contributed by atoms with van der Waals surface area (Å²) in [6.07, 6.45) is 1.67. The van der Waals surface area contributed by atoms with Crippen molar-refractivity contribution in [1.29, 1.82) is 0 Å². The summed E-state index contributed by atoms with van der Waals surface area (Å²) in [5.41, 5.74) is 4.92. The lowest BCUT2D eigenvalue weighted by molar-refractivity contribution is -0.384. The van der Waals surface area contributed by atoms with E-state index in [-0.39, 0.29) is 18.8 Å². The Hall–Kier alpha value is -2.38. The minimum atomic E-state index is -0.883. The fourth-order valence-electron chi connectivity index (χ4n) is 1.02. The highest BCUT2D eigenvalue weighted by molar-refractivity contribution is 5.64. The van der Waals surface area contributed by atoms with Gasteiger partial charge in [-0.05, 0) is 6.07 Å². The quantitative estimate of drug-likeness (QED) is 0.428. The second kappa shape index (κ2) is 5.49. The minimum Gasteiger partial charge on any atom is -0.448 e. The molecule has 1 heterocycles. The fraction of sp³-hybridized carbons (Fsp3) is 0.250. The molecule has 0 aliphatic heterocycles. The van der Waals surface area contributed by atoms with Gasteiger partial charge in [0, 0.05) is 12.7 Å². The van der Waals surface area contributed by atoms with Crippen molar-refractivity contribution in [2.24, 2.45) is 5.73 Å². The molecule has 0 saturated heterocycles. The predicted octanol–water partition coefficient (Wildman–Crippen LogP) is 0.497. The number of rotatable bonds is 5. The van der Waals surface area contributed by atoms with E-state index in [0.717, 1.165) is 6.20 Å². The van der Waals surface area contributed by atoms with E-state index < -0.39 is 11.0 Å². The molecular formula is C8H10N4O4. The monoisotopic (exact) mass is 226 g/mol. The molecule has 0 unspecified atom stereocenters. The molecule has 8 heteroatoms. The van der Waals surface area contributed by atoms with Crippen LogP contribution in [-0.4, -0.2) is 29.2 Å². The van der Waals surface area contributed by atoms with Gasteiger partial charge in [-0.3, -0.25) is 15.1 Å². The van der Waals surface area contributed by atoms with Crippen LogP contribution in [0.25, 0.3) is 0 Å². The van der Waals surface area contributed by atoms with Crippen LogP contribution < -0.4 is 11.1 Å². The molecule has 0 spiro atoms. The smallest absolute Gasteiger partial charge is 0.404 e. The lowest BCUT2D eigenvalue weighted by atomic mass is 10.3. The van der Waals surface area contributed by atoms with Gasteiger partial charge in [0.25, 0.3) is 0 Å². The molecule has 0 radical (unpaired) electrons. The maximum absolute atomic E-state index is 10.6. The van der Waals surface area contributed by atoms with Crippen molar-refractivity contribution in [3.8, 4) is 0 Å². The Kier molecular flexibility index (Phi) is 4.01. The third-order valence-corrected chi connectivity index (χ3v) is 1.66. The number of primary amides is 1. The molecule has 0 aromatic carbocycles. The van der Waals surface area contributed by atoms with Crippen molar-refractivity contribution in [1.82, 2.24) is 4.98 Å². The number of nitrogens with zero attached hydrogens (tertiary/aromatic N) is 2. The molecule has 0 aliphatic carbocycles. The van der Waals surface area contributed by atoms with Gasteiger partial charge in [0.15, 0.2) is 0 Å². The summed E-state index contributed by atoms with van der Waals surface area (Å²) in [4.78, 5) is 23.9. The number of pyridine rings is 1. The number of nitrogens with one attached hydrogen (secondary N) is 1. The molecular weight excluding hydrogens is 216 g/mol. The van der Waals surface area contributed by atoms with Gasteiger partial charge in [-0.1, -0.05) is 0 Å². The van der Waals surface area contributed by atoms with Crippen LogP contribution in [0.5, 0.6) is 0 Å². The minimum absolute atomic E-state index is 0.0365. The molecule has 0 aliphatic rings. The second-order valence-electron chi connectivity index (χ2n) is 2.74. The van der Waals surface area contributed by atoms with Crippen molar-refractivity contribution < 1.29 is 14.5 Å². The topological polar surface area (TPSA) is 120 Å². The molecule has 1 amide bonds. The zero-order chi connectivity index (χ0) is 12.0. The van der Waals surface area contributed by atoms with Crippen LogP contribution in [0.3, 0.4) is 0 Å². The lowest BCUT2D eigenvalue weighted by Gasteiger charge is -2.05. The number of aromatic nitrogens is 1. The summed E-state index contributed by atoms with van der Waals surface area (Å²) in [5.74, 6) is 0. The summed E-state index contributed by atoms with van der Waals surface area (Å²) in [6.45, 7) is 0.266. The Morgan fingerprint density at radius 3 is 3.06 bits per heavy atom. The highest BCUT2D eigenvalue weighted by Gasteiger charge is 2.12. The van der Waals surface area contributed by atoms with E-state index in [1.54, 1.807) is 0 Å². The Balaban J connectivity index is 2.53. The van der Waals surface area contributed by atoms with E-state index in [1.165, 1.54) is 12.3 Å². The molecule has 1 rings (SSSR count). The highest BCUT2D eigenvalue weighted by Crippen LogP contribution is 2.21. The fourth-order valence-corrected chi connectivity index (χ4v) is 1.02. The van der Waals surface area contributed by atoms with Crippen LogP contribution in [0.1, 0.15) is 0 Å². The molecule has 0 bridgehead atoms. The van der Waals surface area contributed by atoms with Gasteiger partial charge in [-0.2, -0.15) is 0 Å². The normalized spacial score (nSPS) is 9.50. The van der Waals surface area contributed by atoms with E-state index in [9.17, 15) is 14.9 Å². The number of carbonyl (C=O) groups excluding carboxylic acids is 1. The molecule has 3 N–H and O–H groups in total. The van der Waals surface area contributed by atoms with Crippen molar-refractivity contribution in [3.63, 3.8) is 0 Å². The maximum atomic E-state index is 10.6. The van der Waals surface area contributed by atoms with Crippen molar-refractivity contribution in [3.05, 3.63) is 28.6 Å². The summed E-state index contributed by atoms with van der Waals surface area (Å²) in [7, 11) is 0. The SMILES string of the molecule is NC(=O)OCCNc1ccncc1[N+](=O)[O-]. The van der Waals surface area contributed by atoms with Crippen LogP contribution >= 0.6 is 0 Å². The number of hydrogen-bond donors (Lipinski definition) is 2. The largest absolute Gasteiger partial charge is 0.448 e. The molecule has 8 nitrogen and oxygen atoms in total. The van der Waals surface area contributed by atoms with Gasteiger partial charge in [-0.15, -0.1) is 0 Å². The third kappa shape index (κ3) is 3.40. The molecule has 16 heavy (non-hydrogen) atoms. The van der Waals surface area contributed by atoms with Gasteiger partial charge >= 0.3 is 11.8 Å². The number of hydrogen-bond acceptors (Lipinski definition) is 6. The number of nitrogens with two attached hydrogens (primary N) is 1. The van der Waals surface area contributed by atoms with E-state index in [4.69, 9.17) is 5.73 Å². The molecule has 0 fully saturated rings. The average molecular weight is 226 g/mol. The molecule has 1 aromatic rings. The summed E-state index contributed by atoms with van der Waals surface area (Å²) < 4.78 is 4.45. The second-order valence-corrected chi connectivity index (χ2v) is 2.74. The standard InChI is InChI=1S/C8H10N4O4/c9-8(13)16-4-3-11-6-1-2-10-5-7(6)12(14)15/h1-2,5H,3-4H2,(H2,9,13)(H,10,11). The van der Waals surface area contributed by atoms with Crippen molar-refractivity contribution >= 4 is 17.5 Å². The van der Waals surface area contributed by atoms with Gasteiger partial charge < -0.3 is 15.8 Å². The summed E-state index contributed by atoms with van der Waals surface area (Å²) >= 11 is 0. The van der Waals surface area contributed by atoms with Crippen LogP contribution in [0, 0.1) is 10.1 Å². The van der Waals surface area contributed by atoms with Gasteiger partial charge in [0.05, 0.1) is 4.92 Å². The van der Waals surface area contributed by atoms with E-state index in [2.05, 4.69) is 15.0 Å².